The summed E-state index contributed by atoms with van der Waals surface area (Å²) in [6, 6.07) is 0. The number of rotatable bonds is 56. The molecular formula is C65H116O5. The van der Waals surface area contributed by atoms with Gasteiger partial charge in [-0.3, -0.25) is 9.59 Å². The zero-order chi connectivity index (χ0) is 50.6. The Bertz CT molecular complexity index is 1240. The van der Waals surface area contributed by atoms with Crippen LogP contribution < -0.4 is 0 Å². The predicted octanol–water partition coefficient (Wildman–Crippen LogP) is 20.8. The first-order valence-electron chi connectivity index (χ1n) is 30.5. The molecular weight excluding hydrogens is 861 g/mol. The highest BCUT2D eigenvalue weighted by Gasteiger charge is 2.16. The fourth-order valence-electron chi connectivity index (χ4n) is 8.97. The van der Waals surface area contributed by atoms with Crippen molar-refractivity contribution in [2.24, 2.45) is 0 Å². The maximum atomic E-state index is 12.3. The second-order valence-electron chi connectivity index (χ2n) is 20.4. The van der Waals surface area contributed by atoms with Gasteiger partial charge in [0, 0.05) is 12.8 Å². The molecule has 0 aliphatic carbocycles. The molecule has 1 unspecified atom stereocenters. The third-order valence-electron chi connectivity index (χ3n) is 13.5. The van der Waals surface area contributed by atoms with Gasteiger partial charge in [0.15, 0.2) is 6.10 Å². The van der Waals surface area contributed by atoms with E-state index in [1.165, 1.54) is 205 Å². The summed E-state index contributed by atoms with van der Waals surface area (Å²) in [4.78, 5) is 24.6. The Morgan fingerprint density at radius 1 is 0.343 bits per heavy atom. The molecule has 0 aromatic rings. The molecule has 0 aromatic heterocycles. The molecule has 5 nitrogen and oxygen atoms in total. The molecule has 0 radical (unpaired) electrons. The third kappa shape index (κ3) is 57.9. The van der Waals surface area contributed by atoms with Gasteiger partial charge < -0.3 is 14.6 Å². The lowest BCUT2D eigenvalue weighted by molar-refractivity contribution is -0.161. The lowest BCUT2D eigenvalue weighted by atomic mass is 10.0. The van der Waals surface area contributed by atoms with Crippen molar-refractivity contribution in [3.05, 3.63) is 72.9 Å². The van der Waals surface area contributed by atoms with Gasteiger partial charge in [-0.1, -0.05) is 305 Å². The summed E-state index contributed by atoms with van der Waals surface area (Å²) in [5.41, 5.74) is 0. The van der Waals surface area contributed by atoms with E-state index in [0.717, 1.165) is 77.0 Å². The van der Waals surface area contributed by atoms with Gasteiger partial charge in [0.1, 0.15) is 6.61 Å². The summed E-state index contributed by atoms with van der Waals surface area (Å²) in [5.74, 6) is -0.577. The number of ether oxygens (including phenoxy) is 2. The number of esters is 2. The summed E-state index contributed by atoms with van der Waals surface area (Å²) in [5, 5.41) is 9.67. The Kier molecular flexibility index (Phi) is 58.3. The number of hydrogen-bond acceptors (Lipinski definition) is 5. The normalized spacial score (nSPS) is 12.7. The molecule has 0 saturated heterocycles. The molecule has 0 spiro atoms. The standard InChI is InChI=1S/C65H116O5/c1-3-5-7-9-11-13-15-17-19-21-23-25-27-28-29-30-31-32-33-34-35-36-38-40-42-44-46-48-50-52-54-56-58-60-65(68)70-63(61-66)62-69-64(67)59-57-55-53-51-49-47-45-43-41-39-37-26-24-22-20-18-16-14-12-10-8-6-4-2/h5,7,11,13,17,19,23,25,28-29,31-32,63,66H,3-4,6,8-10,12,14-16,18,20-22,24,26-27,30,33-62H2,1-2H3/b7-5-,13-11-,19-17-,25-23-,29-28-,32-31-. The quantitative estimate of drug-likeness (QED) is 0.0373. The molecule has 0 heterocycles. The van der Waals surface area contributed by atoms with E-state index >= 15 is 0 Å². The third-order valence-corrected chi connectivity index (χ3v) is 13.5. The van der Waals surface area contributed by atoms with Crippen molar-refractivity contribution >= 4 is 11.9 Å². The second kappa shape index (κ2) is 60.6. The van der Waals surface area contributed by atoms with Gasteiger partial charge in [-0.2, -0.15) is 0 Å². The summed E-state index contributed by atoms with van der Waals surface area (Å²) in [6.07, 6.45) is 83.2. The van der Waals surface area contributed by atoms with Crippen LogP contribution in [0.1, 0.15) is 309 Å². The Morgan fingerprint density at radius 2 is 0.614 bits per heavy atom. The van der Waals surface area contributed by atoms with E-state index in [0.29, 0.717) is 12.8 Å². The Hall–Kier alpha value is -2.66. The molecule has 406 valence electrons. The van der Waals surface area contributed by atoms with E-state index < -0.39 is 6.10 Å². The van der Waals surface area contributed by atoms with E-state index in [9.17, 15) is 14.7 Å². The minimum absolute atomic E-state index is 0.0633. The van der Waals surface area contributed by atoms with Crippen LogP contribution in [0.25, 0.3) is 0 Å². The molecule has 0 rings (SSSR count). The maximum absolute atomic E-state index is 12.3. The molecule has 5 heteroatoms. The minimum Gasteiger partial charge on any atom is -0.462 e. The molecule has 0 fully saturated rings. The van der Waals surface area contributed by atoms with Crippen molar-refractivity contribution in [1.82, 2.24) is 0 Å². The average Bonchev–Trinajstić information content (AvgIpc) is 3.36. The summed E-state index contributed by atoms with van der Waals surface area (Å²) >= 11 is 0. The van der Waals surface area contributed by atoms with Gasteiger partial charge in [-0.25, -0.2) is 0 Å². The SMILES string of the molecule is CC/C=C\C/C=C\C/C=C\C/C=C\C/C=C\C/C=C\CCCCCCCCCCCCCCCCC(=O)OC(CO)COC(=O)CCCCCCCCCCCCCCCCCCCCCCCCC. The topological polar surface area (TPSA) is 72.8 Å². The van der Waals surface area contributed by atoms with Crippen LogP contribution in [0.4, 0.5) is 0 Å². The first kappa shape index (κ1) is 67.3. The monoisotopic (exact) mass is 977 g/mol. The average molecular weight is 978 g/mol. The van der Waals surface area contributed by atoms with Crippen LogP contribution >= 0.6 is 0 Å². The number of carbonyl (C=O) groups is 2. The largest absolute Gasteiger partial charge is 0.462 e. The lowest BCUT2D eigenvalue weighted by Crippen LogP contribution is -2.28. The van der Waals surface area contributed by atoms with Crippen LogP contribution in [-0.2, 0) is 19.1 Å². The van der Waals surface area contributed by atoms with Crippen molar-refractivity contribution in [2.45, 2.75) is 315 Å². The smallest absolute Gasteiger partial charge is 0.306 e. The second-order valence-corrected chi connectivity index (χ2v) is 20.4. The maximum Gasteiger partial charge on any atom is 0.306 e. The number of allylic oxidation sites excluding steroid dienone is 12. The van der Waals surface area contributed by atoms with Crippen molar-refractivity contribution < 1.29 is 24.2 Å². The van der Waals surface area contributed by atoms with E-state index in [-0.39, 0.29) is 25.2 Å². The van der Waals surface area contributed by atoms with E-state index in [4.69, 9.17) is 9.47 Å². The molecule has 0 aliphatic rings. The molecule has 1 N–H and O–H groups in total. The summed E-state index contributed by atoms with van der Waals surface area (Å²) < 4.78 is 10.7. The highest BCUT2D eigenvalue weighted by Crippen LogP contribution is 2.17. The Labute approximate surface area is 435 Å². The van der Waals surface area contributed by atoms with Gasteiger partial charge in [-0.05, 0) is 64.2 Å². The van der Waals surface area contributed by atoms with Gasteiger partial charge in [0.2, 0.25) is 0 Å². The van der Waals surface area contributed by atoms with Gasteiger partial charge in [0.25, 0.3) is 0 Å². The number of aliphatic hydroxyl groups is 1. The molecule has 70 heavy (non-hydrogen) atoms. The van der Waals surface area contributed by atoms with Crippen LogP contribution in [0.15, 0.2) is 72.9 Å². The van der Waals surface area contributed by atoms with Gasteiger partial charge in [0.05, 0.1) is 6.61 Å². The minimum atomic E-state index is -0.773. The Balaban J connectivity index is 3.46. The fourth-order valence-corrected chi connectivity index (χ4v) is 8.97. The van der Waals surface area contributed by atoms with Crippen molar-refractivity contribution in [3.63, 3.8) is 0 Å². The zero-order valence-electron chi connectivity index (χ0n) is 46.5. The highest BCUT2D eigenvalue weighted by atomic mass is 16.6. The number of hydrogen-bond donors (Lipinski definition) is 1. The summed E-state index contributed by atoms with van der Waals surface area (Å²) in [7, 11) is 0. The van der Waals surface area contributed by atoms with Crippen molar-refractivity contribution in [1.29, 1.82) is 0 Å². The number of unbranched alkanes of at least 4 members (excludes halogenated alkanes) is 36. The zero-order valence-corrected chi connectivity index (χ0v) is 46.5. The summed E-state index contributed by atoms with van der Waals surface area (Å²) in [6.45, 7) is 4.07. The van der Waals surface area contributed by atoms with E-state index in [2.05, 4.69) is 86.8 Å². The molecule has 0 aliphatic heterocycles. The van der Waals surface area contributed by atoms with E-state index in [1.807, 2.05) is 0 Å². The molecule has 0 amide bonds. The van der Waals surface area contributed by atoms with Crippen molar-refractivity contribution in [3.8, 4) is 0 Å². The van der Waals surface area contributed by atoms with Crippen LogP contribution in [0, 0.1) is 0 Å². The number of aliphatic hydroxyl groups excluding tert-OH is 1. The lowest BCUT2D eigenvalue weighted by Gasteiger charge is -2.15. The molecule has 0 bridgehead atoms. The van der Waals surface area contributed by atoms with Gasteiger partial charge in [-0.15, -0.1) is 0 Å². The highest BCUT2D eigenvalue weighted by molar-refractivity contribution is 5.70. The first-order valence-corrected chi connectivity index (χ1v) is 30.5. The van der Waals surface area contributed by atoms with E-state index in [1.54, 1.807) is 0 Å². The van der Waals surface area contributed by atoms with Crippen molar-refractivity contribution in [2.75, 3.05) is 13.2 Å². The van der Waals surface area contributed by atoms with Crippen LogP contribution in [0.5, 0.6) is 0 Å². The predicted molar refractivity (Wildman–Crippen MR) is 306 cm³/mol. The number of carbonyl (C=O) groups excluding carboxylic acids is 2. The molecule has 0 aromatic carbocycles. The van der Waals surface area contributed by atoms with Gasteiger partial charge >= 0.3 is 11.9 Å². The first-order chi connectivity index (χ1) is 34.6. The van der Waals surface area contributed by atoms with Crippen LogP contribution in [0.3, 0.4) is 0 Å². The fraction of sp³-hybridized carbons (Fsp3) is 0.785. The van der Waals surface area contributed by atoms with Crippen LogP contribution in [-0.4, -0.2) is 36.4 Å². The Morgan fingerprint density at radius 3 is 0.929 bits per heavy atom. The molecule has 1 atom stereocenters. The molecule has 0 saturated carbocycles. The van der Waals surface area contributed by atoms with Crippen LogP contribution in [0.2, 0.25) is 0 Å².